The number of rotatable bonds is 2. The zero-order chi connectivity index (χ0) is 13.4. The van der Waals surface area contributed by atoms with Crippen molar-refractivity contribution in [1.29, 1.82) is 0 Å². The molecule has 2 unspecified atom stereocenters. The first-order valence-corrected chi connectivity index (χ1v) is 5.89. The lowest BCUT2D eigenvalue weighted by molar-refractivity contribution is -0.137. The molecule has 0 saturated carbocycles. The normalized spacial score (nSPS) is 28.6. The SMILES string of the molecule is CC1(c2ccc(C(F)(F)F)cc2)OCCC1CN. The summed E-state index contributed by atoms with van der Waals surface area (Å²) in [5, 5.41) is 0. The lowest BCUT2D eigenvalue weighted by atomic mass is 9.83. The standard InChI is InChI=1S/C13H16F3NO/c1-12(11(8-17)6-7-18-12)9-2-4-10(5-3-9)13(14,15)16/h2-5,11H,6-8,17H2,1H3. The Balaban J connectivity index is 2.29. The molecule has 0 aromatic heterocycles. The first-order valence-electron chi connectivity index (χ1n) is 5.89. The summed E-state index contributed by atoms with van der Waals surface area (Å²) in [7, 11) is 0. The number of halogens is 3. The molecule has 1 aliphatic rings. The van der Waals surface area contributed by atoms with Gasteiger partial charge in [-0.25, -0.2) is 0 Å². The van der Waals surface area contributed by atoms with Crippen LogP contribution < -0.4 is 5.73 Å². The fourth-order valence-corrected chi connectivity index (χ4v) is 2.46. The Labute approximate surface area is 104 Å². The molecule has 1 aromatic carbocycles. The predicted octanol–water partition coefficient (Wildman–Crippen LogP) is 2.92. The molecule has 1 heterocycles. The van der Waals surface area contributed by atoms with Gasteiger partial charge < -0.3 is 10.5 Å². The summed E-state index contributed by atoms with van der Waals surface area (Å²) in [6.45, 7) is 2.96. The van der Waals surface area contributed by atoms with E-state index in [-0.39, 0.29) is 5.92 Å². The summed E-state index contributed by atoms with van der Waals surface area (Å²) in [4.78, 5) is 0. The van der Waals surface area contributed by atoms with Crippen molar-refractivity contribution in [2.24, 2.45) is 11.7 Å². The largest absolute Gasteiger partial charge is 0.416 e. The second-order valence-corrected chi connectivity index (χ2v) is 4.75. The zero-order valence-electron chi connectivity index (χ0n) is 10.1. The van der Waals surface area contributed by atoms with Gasteiger partial charge in [-0.1, -0.05) is 12.1 Å². The van der Waals surface area contributed by atoms with Gasteiger partial charge in [0, 0.05) is 12.5 Å². The van der Waals surface area contributed by atoms with Crippen LogP contribution in [0.1, 0.15) is 24.5 Å². The maximum atomic E-state index is 12.5. The molecule has 18 heavy (non-hydrogen) atoms. The van der Waals surface area contributed by atoms with E-state index in [0.29, 0.717) is 13.2 Å². The first-order chi connectivity index (χ1) is 8.38. The molecule has 0 aliphatic carbocycles. The molecule has 2 N–H and O–H groups in total. The number of benzene rings is 1. The van der Waals surface area contributed by atoms with Gasteiger partial charge >= 0.3 is 6.18 Å². The molecule has 1 saturated heterocycles. The van der Waals surface area contributed by atoms with Gasteiger partial charge in [0.1, 0.15) is 0 Å². The quantitative estimate of drug-likeness (QED) is 0.886. The summed E-state index contributed by atoms with van der Waals surface area (Å²) in [5.74, 6) is 0.147. The number of ether oxygens (including phenoxy) is 1. The van der Waals surface area contributed by atoms with Crippen molar-refractivity contribution in [3.63, 3.8) is 0 Å². The second kappa shape index (κ2) is 4.55. The Bertz CT molecular complexity index is 415. The van der Waals surface area contributed by atoms with Gasteiger partial charge in [0.15, 0.2) is 0 Å². The highest BCUT2D eigenvalue weighted by Gasteiger charge is 2.41. The summed E-state index contributed by atoms with van der Waals surface area (Å²) in [5.41, 5.74) is 5.23. The molecule has 0 amide bonds. The molecule has 2 nitrogen and oxygen atoms in total. The van der Waals surface area contributed by atoms with E-state index >= 15 is 0 Å². The zero-order valence-corrected chi connectivity index (χ0v) is 10.1. The lowest BCUT2D eigenvalue weighted by Gasteiger charge is -2.30. The van der Waals surface area contributed by atoms with E-state index in [2.05, 4.69) is 0 Å². The Morgan fingerprint density at radius 2 is 1.94 bits per heavy atom. The van der Waals surface area contributed by atoms with Gasteiger partial charge in [-0.15, -0.1) is 0 Å². The van der Waals surface area contributed by atoms with Crippen molar-refractivity contribution >= 4 is 0 Å². The van der Waals surface area contributed by atoms with Crippen LogP contribution >= 0.6 is 0 Å². The Hall–Kier alpha value is -1.07. The Kier molecular flexibility index (Phi) is 3.38. The third kappa shape index (κ3) is 2.24. The van der Waals surface area contributed by atoms with E-state index in [1.807, 2.05) is 6.92 Å². The van der Waals surface area contributed by atoms with Crippen molar-refractivity contribution in [2.75, 3.05) is 13.2 Å². The van der Waals surface area contributed by atoms with Gasteiger partial charge in [-0.3, -0.25) is 0 Å². The van der Waals surface area contributed by atoms with Gasteiger partial charge in [0.05, 0.1) is 11.2 Å². The highest BCUT2D eigenvalue weighted by Crippen LogP contribution is 2.41. The van der Waals surface area contributed by atoms with Crippen LogP contribution in [0.4, 0.5) is 13.2 Å². The Morgan fingerprint density at radius 1 is 1.33 bits per heavy atom. The van der Waals surface area contributed by atoms with Crippen molar-refractivity contribution in [3.05, 3.63) is 35.4 Å². The molecule has 2 rings (SSSR count). The summed E-state index contributed by atoms with van der Waals surface area (Å²) >= 11 is 0. The molecule has 0 radical (unpaired) electrons. The van der Waals surface area contributed by atoms with Crippen LogP contribution in [0.15, 0.2) is 24.3 Å². The van der Waals surface area contributed by atoms with Gasteiger partial charge in [-0.2, -0.15) is 13.2 Å². The average Bonchev–Trinajstić information content (AvgIpc) is 2.71. The lowest BCUT2D eigenvalue weighted by Crippen LogP contribution is -2.33. The smallest absolute Gasteiger partial charge is 0.370 e. The minimum Gasteiger partial charge on any atom is -0.370 e. The van der Waals surface area contributed by atoms with Gasteiger partial charge in [0.2, 0.25) is 0 Å². The van der Waals surface area contributed by atoms with Crippen molar-refractivity contribution in [1.82, 2.24) is 0 Å². The van der Waals surface area contributed by atoms with Crippen molar-refractivity contribution < 1.29 is 17.9 Å². The fourth-order valence-electron chi connectivity index (χ4n) is 2.46. The molecule has 5 heteroatoms. The van der Waals surface area contributed by atoms with E-state index in [4.69, 9.17) is 10.5 Å². The summed E-state index contributed by atoms with van der Waals surface area (Å²) in [6.07, 6.45) is -3.46. The predicted molar refractivity (Wildman–Crippen MR) is 61.9 cm³/mol. The van der Waals surface area contributed by atoms with E-state index < -0.39 is 17.3 Å². The van der Waals surface area contributed by atoms with Crippen LogP contribution in [0.25, 0.3) is 0 Å². The van der Waals surface area contributed by atoms with E-state index in [9.17, 15) is 13.2 Å². The van der Waals surface area contributed by atoms with Gasteiger partial charge in [-0.05, 0) is 37.6 Å². The minimum atomic E-state index is -4.30. The topological polar surface area (TPSA) is 35.2 Å². The molecule has 1 fully saturated rings. The molecule has 2 atom stereocenters. The molecule has 1 aromatic rings. The molecule has 100 valence electrons. The van der Waals surface area contributed by atoms with Crippen LogP contribution in [0, 0.1) is 5.92 Å². The highest BCUT2D eigenvalue weighted by molar-refractivity contribution is 5.29. The van der Waals surface area contributed by atoms with Gasteiger partial charge in [0.25, 0.3) is 0 Å². The van der Waals surface area contributed by atoms with Crippen LogP contribution in [0.5, 0.6) is 0 Å². The molecule has 0 bridgehead atoms. The van der Waals surface area contributed by atoms with Crippen LogP contribution in [-0.4, -0.2) is 13.2 Å². The first kappa shape index (κ1) is 13.4. The Morgan fingerprint density at radius 3 is 2.44 bits per heavy atom. The van der Waals surface area contributed by atoms with Crippen LogP contribution in [0.2, 0.25) is 0 Å². The summed E-state index contributed by atoms with van der Waals surface area (Å²) in [6, 6.07) is 5.15. The maximum absolute atomic E-state index is 12.5. The van der Waals surface area contributed by atoms with Crippen LogP contribution in [-0.2, 0) is 16.5 Å². The molecule has 0 spiro atoms. The maximum Gasteiger partial charge on any atom is 0.416 e. The number of alkyl halides is 3. The number of nitrogens with two attached hydrogens (primary N) is 1. The number of hydrogen-bond acceptors (Lipinski definition) is 2. The van der Waals surface area contributed by atoms with E-state index in [1.54, 1.807) is 0 Å². The van der Waals surface area contributed by atoms with Crippen LogP contribution in [0.3, 0.4) is 0 Å². The van der Waals surface area contributed by atoms with Crippen molar-refractivity contribution in [2.45, 2.75) is 25.1 Å². The average molecular weight is 259 g/mol. The highest BCUT2D eigenvalue weighted by atomic mass is 19.4. The van der Waals surface area contributed by atoms with E-state index in [1.165, 1.54) is 12.1 Å². The molecule has 1 aliphatic heterocycles. The third-order valence-corrected chi connectivity index (χ3v) is 3.72. The fraction of sp³-hybridized carbons (Fsp3) is 0.538. The third-order valence-electron chi connectivity index (χ3n) is 3.72. The van der Waals surface area contributed by atoms with Crippen molar-refractivity contribution in [3.8, 4) is 0 Å². The monoisotopic (exact) mass is 259 g/mol. The van der Waals surface area contributed by atoms with E-state index in [0.717, 1.165) is 24.1 Å². The second-order valence-electron chi connectivity index (χ2n) is 4.75. The summed E-state index contributed by atoms with van der Waals surface area (Å²) < 4.78 is 43.1. The molecular weight excluding hydrogens is 243 g/mol. The number of hydrogen-bond donors (Lipinski definition) is 1. The minimum absolute atomic E-state index is 0.147. The molecular formula is C13H16F3NO.